The van der Waals surface area contributed by atoms with Crippen molar-refractivity contribution in [3.05, 3.63) is 16.8 Å². The van der Waals surface area contributed by atoms with Crippen molar-refractivity contribution in [2.75, 3.05) is 31.6 Å². The molecule has 0 saturated carbocycles. The minimum absolute atomic E-state index is 0.410. The second-order valence-corrected chi connectivity index (χ2v) is 6.28. The highest BCUT2D eigenvalue weighted by Crippen LogP contribution is 2.26. The summed E-state index contributed by atoms with van der Waals surface area (Å²) >= 11 is 5.27. The topological polar surface area (TPSA) is 58.3 Å². The average molecular weight is 307 g/mol. The smallest absolute Gasteiger partial charge is 0.162 e. The molecule has 0 radical (unpaired) electrons. The molecule has 6 heteroatoms. The van der Waals surface area contributed by atoms with Crippen LogP contribution in [0.25, 0.3) is 0 Å². The van der Waals surface area contributed by atoms with Crippen LogP contribution in [0.2, 0.25) is 0 Å². The van der Waals surface area contributed by atoms with Crippen molar-refractivity contribution in [2.45, 2.75) is 39.7 Å². The third-order valence-corrected chi connectivity index (χ3v) is 4.53. The Balaban J connectivity index is 2.48. The van der Waals surface area contributed by atoms with E-state index in [1.807, 2.05) is 13.8 Å². The lowest BCUT2D eigenvalue weighted by atomic mass is 10.1. The molecule has 1 aliphatic rings. The number of rotatable bonds is 3. The Hall–Kier alpha value is -1.27. The van der Waals surface area contributed by atoms with E-state index in [1.165, 1.54) is 0 Å². The standard InChI is InChI=1S/C15H25N5S/c1-5-12-9-19(4)7-6-8-20(12)15-13(14(16)21)10(2)11(3)17-18-15/h12H,5-9H2,1-4H3,(H2,16,21). The van der Waals surface area contributed by atoms with Gasteiger partial charge in [0.25, 0.3) is 0 Å². The molecule has 1 fully saturated rings. The predicted molar refractivity (Wildman–Crippen MR) is 90.9 cm³/mol. The van der Waals surface area contributed by atoms with Gasteiger partial charge in [0.1, 0.15) is 4.99 Å². The lowest BCUT2D eigenvalue weighted by Gasteiger charge is -2.32. The summed E-state index contributed by atoms with van der Waals surface area (Å²) in [4.78, 5) is 5.13. The summed E-state index contributed by atoms with van der Waals surface area (Å²) in [6.07, 6.45) is 2.17. The Morgan fingerprint density at radius 3 is 2.67 bits per heavy atom. The van der Waals surface area contributed by atoms with Crippen molar-refractivity contribution in [3.63, 3.8) is 0 Å². The van der Waals surface area contributed by atoms with Gasteiger partial charge in [0.2, 0.25) is 0 Å². The number of aromatic nitrogens is 2. The first-order valence-electron chi connectivity index (χ1n) is 7.54. The van der Waals surface area contributed by atoms with E-state index in [0.717, 1.165) is 55.1 Å². The van der Waals surface area contributed by atoms with Gasteiger partial charge >= 0.3 is 0 Å². The van der Waals surface area contributed by atoms with Gasteiger partial charge in [-0.25, -0.2) is 0 Å². The van der Waals surface area contributed by atoms with Crippen molar-refractivity contribution < 1.29 is 0 Å². The molecular weight excluding hydrogens is 282 g/mol. The molecule has 21 heavy (non-hydrogen) atoms. The van der Waals surface area contributed by atoms with E-state index in [2.05, 4.69) is 34.0 Å². The van der Waals surface area contributed by atoms with Crippen molar-refractivity contribution in [1.29, 1.82) is 0 Å². The zero-order valence-electron chi connectivity index (χ0n) is 13.4. The molecular formula is C15H25N5S. The van der Waals surface area contributed by atoms with Crippen LogP contribution in [0.1, 0.15) is 36.6 Å². The minimum atomic E-state index is 0.410. The number of thiocarbonyl (C=S) groups is 1. The molecule has 1 aromatic rings. The van der Waals surface area contributed by atoms with Crippen LogP contribution < -0.4 is 10.6 Å². The molecule has 0 amide bonds. The maximum Gasteiger partial charge on any atom is 0.162 e. The van der Waals surface area contributed by atoms with Gasteiger partial charge < -0.3 is 15.5 Å². The summed E-state index contributed by atoms with van der Waals surface area (Å²) in [7, 11) is 2.17. The summed E-state index contributed by atoms with van der Waals surface area (Å²) in [5.74, 6) is 0.854. The number of anilines is 1. The van der Waals surface area contributed by atoms with Crippen molar-refractivity contribution >= 4 is 23.0 Å². The van der Waals surface area contributed by atoms with E-state index in [1.54, 1.807) is 0 Å². The quantitative estimate of drug-likeness (QED) is 0.857. The SMILES string of the molecule is CCC1CN(C)CCCN1c1nnc(C)c(C)c1C(N)=S. The summed E-state index contributed by atoms with van der Waals surface area (Å²) in [6, 6.07) is 0.419. The Bertz CT molecular complexity index is 531. The fourth-order valence-corrected chi connectivity index (χ4v) is 3.21. The number of hydrogen-bond donors (Lipinski definition) is 1. The molecule has 2 rings (SSSR count). The Morgan fingerprint density at radius 1 is 1.33 bits per heavy atom. The zero-order valence-corrected chi connectivity index (χ0v) is 14.2. The summed E-state index contributed by atoms with van der Waals surface area (Å²) in [5.41, 5.74) is 8.79. The first-order valence-corrected chi connectivity index (χ1v) is 7.95. The molecule has 1 atom stereocenters. The van der Waals surface area contributed by atoms with Crippen LogP contribution in [-0.2, 0) is 0 Å². The van der Waals surface area contributed by atoms with Gasteiger partial charge in [-0.2, -0.15) is 5.10 Å². The highest BCUT2D eigenvalue weighted by molar-refractivity contribution is 7.80. The number of hydrogen-bond acceptors (Lipinski definition) is 5. The van der Waals surface area contributed by atoms with Crippen LogP contribution in [0.3, 0.4) is 0 Å². The highest BCUT2D eigenvalue weighted by atomic mass is 32.1. The molecule has 1 saturated heterocycles. The summed E-state index contributed by atoms with van der Waals surface area (Å²) in [5, 5.41) is 8.73. The van der Waals surface area contributed by atoms with Crippen LogP contribution in [0.4, 0.5) is 5.82 Å². The Labute approximate surface area is 132 Å². The fourth-order valence-electron chi connectivity index (χ4n) is 2.96. The Morgan fingerprint density at radius 2 is 2.05 bits per heavy atom. The van der Waals surface area contributed by atoms with Gasteiger partial charge in [-0.3, -0.25) is 0 Å². The fraction of sp³-hybridized carbons (Fsp3) is 0.667. The molecule has 1 aromatic heterocycles. The number of nitrogens with two attached hydrogens (primary N) is 1. The first-order chi connectivity index (χ1) is 9.95. The lowest BCUT2D eigenvalue weighted by Crippen LogP contribution is -2.41. The van der Waals surface area contributed by atoms with Crippen LogP contribution in [0.5, 0.6) is 0 Å². The minimum Gasteiger partial charge on any atom is -0.389 e. The highest BCUT2D eigenvalue weighted by Gasteiger charge is 2.27. The maximum absolute atomic E-state index is 5.97. The van der Waals surface area contributed by atoms with Gasteiger partial charge in [0.05, 0.1) is 11.3 Å². The number of nitrogens with zero attached hydrogens (tertiary/aromatic N) is 4. The average Bonchev–Trinajstić information content (AvgIpc) is 2.62. The van der Waals surface area contributed by atoms with Gasteiger partial charge in [-0.05, 0) is 45.8 Å². The van der Waals surface area contributed by atoms with E-state index in [9.17, 15) is 0 Å². The van der Waals surface area contributed by atoms with Crippen LogP contribution >= 0.6 is 12.2 Å². The molecule has 5 nitrogen and oxygen atoms in total. The molecule has 2 N–H and O–H groups in total. The third kappa shape index (κ3) is 3.32. The molecule has 0 bridgehead atoms. The van der Waals surface area contributed by atoms with Gasteiger partial charge in [0, 0.05) is 19.1 Å². The molecule has 116 valence electrons. The van der Waals surface area contributed by atoms with Crippen molar-refractivity contribution in [2.24, 2.45) is 5.73 Å². The lowest BCUT2D eigenvalue weighted by molar-refractivity contribution is 0.327. The van der Waals surface area contributed by atoms with E-state index in [4.69, 9.17) is 18.0 Å². The van der Waals surface area contributed by atoms with Crippen LogP contribution in [0, 0.1) is 13.8 Å². The predicted octanol–water partition coefficient (Wildman–Crippen LogP) is 1.65. The molecule has 1 aliphatic heterocycles. The zero-order chi connectivity index (χ0) is 15.6. The third-order valence-electron chi connectivity index (χ3n) is 4.33. The normalized spacial score (nSPS) is 20.4. The van der Waals surface area contributed by atoms with E-state index >= 15 is 0 Å². The number of likely N-dealkylation sites (N-methyl/N-ethyl adjacent to an activating group) is 1. The largest absolute Gasteiger partial charge is 0.389 e. The molecule has 2 heterocycles. The molecule has 0 spiro atoms. The molecule has 1 unspecified atom stereocenters. The summed E-state index contributed by atoms with van der Waals surface area (Å²) in [6.45, 7) is 9.28. The first kappa shape index (κ1) is 16.1. The van der Waals surface area contributed by atoms with Crippen LogP contribution in [-0.4, -0.2) is 52.8 Å². The monoisotopic (exact) mass is 307 g/mol. The second-order valence-electron chi connectivity index (χ2n) is 5.84. The van der Waals surface area contributed by atoms with Gasteiger partial charge in [-0.1, -0.05) is 19.1 Å². The van der Waals surface area contributed by atoms with E-state index < -0.39 is 0 Å². The number of aryl methyl sites for hydroxylation is 1. The van der Waals surface area contributed by atoms with Crippen LogP contribution in [0.15, 0.2) is 0 Å². The van der Waals surface area contributed by atoms with Crippen molar-refractivity contribution in [1.82, 2.24) is 15.1 Å². The van der Waals surface area contributed by atoms with E-state index in [-0.39, 0.29) is 0 Å². The maximum atomic E-state index is 5.97. The van der Waals surface area contributed by atoms with E-state index in [0.29, 0.717) is 11.0 Å². The van der Waals surface area contributed by atoms with Gasteiger partial charge in [-0.15, -0.1) is 5.10 Å². The van der Waals surface area contributed by atoms with Crippen molar-refractivity contribution in [3.8, 4) is 0 Å². The Kier molecular flexibility index (Phi) is 5.11. The summed E-state index contributed by atoms with van der Waals surface area (Å²) < 4.78 is 0. The molecule has 0 aliphatic carbocycles. The molecule has 0 aromatic carbocycles. The second kappa shape index (κ2) is 6.66. The van der Waals surface area contributed by atoms with Gasteiger partial charge in [0.15, 0.2) is 5.82 Å².